The Kier molecular flexibility index (Phi) is 5.46. The van der Waals surface area contributed by atoms with E-state index in [4.69, 9.17) is 9.47 Å². The molecule has 0 spiro atoms. The number of benzene rings is 1. The van der Waals surface area contributed by atoms with E-state index in [1.54, 1.807) is 19.1 Å². The van der Waals surface area contributed by atoms with Crippen molar-refractivity contribution in [3.05, 3.63) is 35.1 Å². The van der Waals surface area contributed by atoms with E-state index in [1.165, 1.54) is 25.2 Å². The van der Waals surface area contributed by atoms with E-state index in [2.05, 4.69) is 0 Å². The molecule has 0 fully saturated rings. The molecule has 1 amide bonds. The van der Waals surface area contributed by atoms with Crippen molar-refractivity contribution in [2.24, 2.45) is 0 Å². The number of aliphatic hydroxyl groups is 1. The van der Waals surface area contributed by atoms with Crippen LogP contribution in [0.1, 0.15) is 24.9 Å². The number of Topliss-reactive ketones (excluding diaryl/α,β-unsaturated/α-hetero) is 1. The van der Waals surface area contributed by atoms with Gasteiger partial charge in [-0.3, -0.25) is 9.59 Å². The number of carbonyl (C=O) groups excluding carboxylic acids is 2. The number of hydrogen-bond acceptors (Lipinski definition) is 6. The highest BCUT2D eigenvalue weighted by Gasteiger charge is 2.42. The summed E-state index contributed by atoms with van der Waals surface area (Å²) in [7, 11) is 2.93. The van der Waals surface area contributed by atoms with Crippen LogP contribution in [0, 0.1) is 0 Å². The average molecular weight is 335 g/mol. The second-order valence-electron chi connectivity index (χ2n) is 5.36. The van der Waals surface area contributed by atoms with E-state index in [0.29, 0.717) is 5.56 Å². The molecule has 0 bridgehead atoms. The number of ketones is 1. The van der Waals surface area contributed by atoms with E-state index < -0.39 is 17.7 Å². The van der Waals surface area contributed by atoms with Crippen molar-refractivity contribution in [2.45, 2.75) is 19.4 Å². The fourth-order valence-electron chi connectivity index (χ4n) is 2.77. The van der Waals surface area contributed by atoms with Crippen molar-refractivity contribution in [3.8, 4) is 11.5 Å². The van der Waals surface area contributed by atoms with Gasteiger partial charge in [0.25, 0.3) is 5.91 Å². The number of ether oxygens (including phenoxy) is 2. The standard InChI is InChI=1S/C17H21NO6/c1-4-11(19)14-15(10-5-6-13(24-3)12(20)9-10)18(7-8-23-2)17(22)16(14)21/h5-6,9,15,20-21H,4,7-8H2,1-3H3. The van der Waals surface area contributed by atoms with Gasteiger partial charge in [0, 0.05) is 20.1 Å². The SMILES string of the molecule is CCC(=O)C1=C(O)C(=O)N(CCOC)C1c1ccc(OC)c(O)c1. The minimum Gasteiger partial charge on any atom is -0.504 e. The molecule has 24 heavy (non-hydrogen) atoms. The van der Waals surface area contributed by atoms with E-state index in [0.717, 1.165) is 0 Å². The number of aromatic hydroxyl groups is 1. The molecule has 2 N–H and O–H groups in total. The predicted molar refractivity (Wildman–Crippen MR) is 85.9 cm³/mol. The van der Waals surface area contributed by atoms with Crippen LogP contribution in [0.25, 0.3) is 0 Å². The van der Waals surface area contributed by atoms with Crippen molar-refractivity contribution in [1.82, 2.24) is 4.90 Å². The van der Waals surface area contributed by atoms with E-state index in [-0.39, 0.29) is 42.4 Å². The Morgan fingerprint density at radius 3 is 2.54 bits per heavy atom. The monoisotopic (exact) mass is 335 g/mol. The number of phenolic OH excluding ortho intramolecular Hbond substituents is 1. The normalized spacial score (nSPS) is 17.5. The van der Waals surface area contributed by atoms with Crippen LogP contribution < -0.4 is 4.74 Å². The number of phenols is 1. The highest BCUT2D eigenvalue weighted by Crippen LogP contribution is 2.40. The quantitative estimate of drug-likeness (QED) is 0.788. The van der Waals surface area contributed by atoms with Gasteiger partial charge < -0.3 is 24.6 Å². The highest BCUT2D eigenvalue weighted by molar-refractivity contribution is 6.08. The minimum absolute atomic E-state index is 0.0446. The van der Waals surface area contributed by atoms with Gasteiger partial charge in [0.1, 0.15) is 0 Å². The lowest BCUT2D eigenvalue weighted by molar-refractivity contribution is -0.130. The Morgan fingerprint density at radius 1 is 1.29 bits per heavy atom. The zero-order valence-corrected chi connectivity index (χ0v) is 13.9. The molecule has 7 nitrogen and oxygen atoms in total. The zero-order valence-electron chi connectivity index (χ0n) is 13.9. The molecule has 0 radical (unpaired) electrons. The summed E-state index contributed by atoms with van der Waals surface area (Å²) >= 11 is 0. The van der Waals surface area contributed by atoms with Gasteiger partial charge >= 0.3 is 0 Å². The van der Waals surface area contributed by atoms with Gasteiger partial charge in [0.15, 0.2) is 23.0 Å². The predicted octanol–water partition coefficient (Wildman–Crippen LogP) is 1.72. The van der Waals surface area contributed by atoms with Gasteiger partial charge in [-0.2, -0.15) is 0 Å². The maximum Gasteiger partial charge on any atom is 0.290 e. The summed E-state index contributed by atoms with van der Waals surface area (Å²) in [6.07, 6.45) is 0.156. The van der Waals surface area contributed by atoms with Crippen LogP contribution in [-0.2, 0) is 14.3 Å². The van der Waals surface area contributed by atoms with Crippen molar-refractivity contribution < 1.29 is 29.3 Å². The molecule has 1 atom stereocenters. The van der Waals surface area contributed by atoms with Crippen molar-refractivity contribution in [2.75, 3.05) is 27.4 Å². The molecular formula is C17H21NO6. The fraction of sp³-hybridized carbons (Fsp3) is 0.412. The molecule has 1 heterocycles. The summed E-state index contributed by atoms with van der Waals surface area (Å²) in [5.41, 5.74) is 0.557. The van der Waals surface area contributed by atoms with Gasteiger partial charge in [-0.25, -0.2) is 0 Å². The maximum absolute atomic E-state index is 12.4. The van der Waals surface area contributed by atoms with Gasteiger partial charge in [0.05, 0.1) is 25.3 Å². The Hall–Kier alpha value is -2.54. The molecular weight excluding hydrogens is 314 g/mol. The molecule has 0 aliphatic carbocycles. The zero-order chi connectivity index (χ0) is 17.9. The Labute approximate surface area is 140 Å². The molecule has 2 rings (SSSR count). The smallest absolute Gasteiger partial charge is 0.290 e. The first-order chi connectivity index (χ1) is 11.5. The summed E-state index contributed by atoms with van der Waals surface area (Å²) < 4.78 is 10.0. The van der Waals surface area contributed by atoms with Crippen LogP contribution in [0.3, 0.4) is 0 Å². The largest absolute Gasteiger partial charge is 0.504 e. The van der Waals surface area contributed by atoms with Crippen LogP contribution >= 0.6 is 0 Å². The molecule has 1 aliphatic rings. The Morgan fingerprint density at radius 2 is 2.00 bits per heavy atom. The molecule has 1 aliphatic heterocycles. The first kappa shape index (κ1) is 17.8. The summed E-state index contributed by atoms with van der Waals surface area (Å²) in [5.74, 6) is -1.31. The maximum atomic E-state index is 12.4. The number of aliphatic hydroxyl groups excluding tert-OH is 1. The molecule has 1 aromatic carbocycles. The number of methoxy groups -OCH3 is 2. The fourth-order valence-corrected chi connectivity index (χ4v) is 2.77. The third-order valence-electron chi connectivity index (χ3n) is 3.98. The lowest BCUT2D eigenvalue weighted by Crippen LogP contribution is -2.33. The molecule has 1 aromatic rings. The minimum atomic E-state index is -0.767. The number of rotatable bonds is 7. The average Bonchev–Trinajstić information content (AvgIpc) is 2.83. The Bertz CT molecular complexity index is 682. The van der Waals surface area contributed by atoms with Crippen LogP contribution in [0.5, 0.6) is 11.5 Å². The van der Waals surface area contributed by atoms with Crippen molar-refractivity contribution >= 4 is 11.7 Å². The topological polar surface area (TPSA) is 96.3 Å². The second kappa shape index (κ2) is 7.35. The van der Waals surface area contributed by atoms with Crippen molar-refractivity contribution in [1.29, 1.82) is 0 Å². The third kappa shape index (κ3) is 3.07. The molecule has 0 aromatic heterocycles. The molecule has 1 unspecified atom stereocenters. The lowest BCUT2D eigenvalue weighted by Gasteiger charge is -2.26. The summed E-state index contributed by atoms with van der Waals surface area (Å²) in [5, 5.41) is 20.2. The second-order valence-corrected chi connectivity index (χ2v) is 5.36. The molecule has 130 valence electrons. The van der Waals surface area contributed by atoms with Gasteiger partial charge in [-0.15, -0.1) is 0 Å². The summed E-state index contributed by atoms with van der Waals surface area (Å²) in [6.45, 7) is 2.12. The highest BCUT2D eigenvalue weighted by atomic mass is 16.5. The summed E-state index contributed by atoms with van der Waals surface area (Å²) in [4.78, 5) is 26.0. The molecule has 7 heteroatoms. The van der Waals surface area contributed by atoms with E-state index in [1.807, 2.05) is 0 Å². The number of nitrogens with zero attached hydrogens (tertiary/aromatic N) is 1. The molecule has 0 saturated heterocycles. The van der Waals surface area contributed by atoms with Crippen LogP contribution in [-0.4, -0.2) is 54.2 Å². The van der Waals surface area contributed by atoms with Crippen LogP contribution in [0.15, 0.2) is 29.5 Å². The number of carbonyl (C=O) groups is 2. The van der Waals surface area contributed by atoms with Crippen molar-refractivity contribution in [3.63, 3.8) is 0 Å². The third-order valence-corrected chi connectivity index (χ3v) is 3.98. The number of hydrogen-bond donors (Lipinski definition) is 2. The van der Waals surface area contributed by atoms with Gasteiger partial charge in [-0.05, 0) is 17.7 Å². The van der Waals surface area contributed by atoms with E-state index >= 15 is 0 Å². The molecule has 0 saturated carbocycles. The van der Waals surface area contributed by atoms with Crippen LogP contribution in [0.2, 0.25) is 0 Å². The van der Waals surface area contributed by atoms with Crippen LogP contribution in [0.4, 0.5) is 0 Å². The van der Waals surface area contributed by atoms with E-state index in [9.17, 15) is 19.8 Å². The summed E-state index contributed by atoms with van der Waals surface area (Å²) in [6, 6.07) is 3.86. The number of amides is 1. The lowest BCUT2D eigenvalue weighted by atomic mass is 9.95. The van der Waals surface area contributed by atoms with Gasteiger partial charge in [0.2, 0.25) is 0 Å². The Balaban J connectivity index is 2.52. The first-order valence-electron chi connectivity index (χ1n) is 7.59. The first-order valence-corrected chi connectivity index (χ1v) is 7.59. The van der Waals surface area contributed by atoms with Gasteiger partial charge in [-0.1, -0.05) is 13.0 Å².